The number of nitrogens with one attached hydrogen (secondary N) is 3. The summed E-state index contributed by atoms with van der Waals surface area (Å²) in [6.45, 7) is 4.23. The quantitative estimate of drug-likeness (QED) is 0.295. The maximum atomic E-state index is 14.5. The summed E-state index contributed by atoms with van der Waals surface area (Å²) in [5.74, 6) is -1.22. The van der Waals surface area contributed by atoms with Gasteiger partial charge in [-0.1, -0.05) is 0 Å². The van der Waals surface area contributed by atoms with Gasteiger partial charge in [-0.05, 0) is 48.5 Å². The van der Waals surface area contributed by atoms with Gasteiger partial charge in [0.05, 0.1) is 37.8 Å². The molecule has 1 aliphatic heterocycles. The van der Waals surface area contributed by atoms with E-state index in [0.29, 0.717) is 25.6 Å². The van der Waals surface area contributed by atoms with E-state index < -0.39 is 17.6 Å². The third kappa shape index (κ3) is 6.72. The SMILES string of the molecule is COc1ccc(OCCN2CCOCC2)cc1C(=O)Nc1cc(C(=N)OC(=N)c2ccco2)ccc1F. The number of carbonyl (C=O) groups excluding carboxylic acids is 1. The Hall–Kier alpha value is -4.22. The molecule has 2 aromatic carbocycles. The van der Waals surface area contributed by atoms with Crippen molar-refractivity contribution in [3.05, 3.63) is 77.5 Å². The predicted octanol–water partition coefficient (Wildman–Crippen LogP) is 3.76. The largest absolute Gasteiger partial charge is 0.496 e. The molecule has 10 nitrogen and oxygen atoms in total. The van der Waals surface area contributed by atoms with Crippen LogP contribution in [0.25, 0.3) is 0 Å². The van der Waals surface area contributed by atoms with Crippen LogP contribution in [0.4, 0.5) is 10.1 Å². The van der Waals surface area contributed by atoms with Crippen LogP contribution in [0.1, 0.15) is 21.7 Å². The average Bonchev–Trinajstić information content (AvgIpc) is 3.46. The zero-order valence-electron chi connectivity index (χ0n) is 20.2. The van der Waals surface area contributed by atoms with Crippen molar-refractivity contribution in [3.63, 3.8) is 0 Å². The summed E-state index contributed by atoms with van der Waals surface area (Å²) in [6, 6.07) is 11.6. The number of nitrogens with zero attached hydrogens (tertiary/aromatic N) is 1. The van der Waals surface area contributed by atoms with Gasteiger partial charge in [0.25, 0.3) is 11.8 Å². The number of methoxy groups -OCH3 is 1. The third-order valence-electron chi connectivity index (χ3n) is 5.62. The highest BCUT2D eigenvalue weighted by Crippen LogP contribution is 2.26. The van der Waals surface area contributed by atoms with Crippen molar-refractivity contribution in [2.45, 2.75) is 0 Å². The van der Waals surface area contributed by atoms with Gasteiger partial charge in [-0.15, -0.1) is 0 Å². The van der Waals surface area contributed by atoms with E-state index in [1.807, 2.05) is 0 Å². The number of furan rings is 1. The lowest BCUT2D eigenvalue weighted by atomic mass is 10.1. The van der Waals surface area contributed by atoms with E-state index in [0.717, 1.165) is 25.7 Å². The molecule has 2 heterocycles. The molecule has 0 aliphatic carbocycles. The molecule has 1 fully saturated rings. The normalized spacial score (nSPS) is 13.6. The first-order valence-corrected chi connectivity index (χ1v) is 11.6. The molecule has 0 bridgehead atoms. The first-order chi connectivity index (χ1) is 17.9. The van der Waals surface area contributed by atoms with Crippen LogP contribution in [0.2, 0.25) is 0 Å². The van der Waals surface area contributed by atoms with Gasteiger partial charge >= 0.3 is 0 Å². The van der Waals surface area contributed by atoms with Crippen LogP contribution in [0.15, 0.2) is 59.2 Å². The van der Waals surface area contributed by atoms with Gasteiger partial charge in [-0.2, -0.15) is 0 Å². The minimum absolute atomic E-state index is 0.138. The lowest BCUT2D eigenvalue weighted by molar-refractivity contribution is 0.0322. The fraction of sp³-hybridized carbons (Fsp3) is 0.269. The Bertz CT molecular complexity index is 1260. The van der Waals surface area contributed by atoms with E-state index in [9.17, 15) is 9.18 Å². The number of hydrogen-bond donors (Lipinski definition) is 3. The molecule has 1 saturated heterocycles. The number of ether oxygens (including phenoxy) is 4. The first kappa shape index (κ1) is 25.9. The van der Waals surface area contributed by atoms with Crippen LogP contribution in [-0.2, 0) is 9.47 Å². The molecule has 4 rings (SSSR count). The van der Waals surface area contributed by atoms with Crippen molar-refractivity contribution < 1.29 is 32.5 Å². The maximum absolute atomic E-state index is 14.5. The van der Waals surface area contributed by atoms with Crippen molar-refractivity contribution in [1.29, 1.82) is 10.8 Å². The van der Waals surface area contributed by atoms with Gasteiger partial charge in [0, 0.05) is 25.2 Å². The van der Waals surface area contributed by atoms with Crippen LogP contribution >= 0.6 is 0 Å². The van der Waals surface area contributed by atoms with Gasteiger partial charge < -0.3 is 28.7 Å². The summed E-state index contributed by atoms with van der Waals surface area (Å²) in [7, 11) is 1.43. The molecule has 0 unspecified atom stereocenters. The molecule has 1 amide bonds. The molecule has 1 aromatic heterocycles. The van der Waals surface area contributed by atoms with Crippen LogP contribution < -0.4 is 14.8 Å². The first-order valence-electron chi connectivity index (χ1n) is 11.6. The number of carbonyl (C=O) groups is 1. The molecular formula is C26H27FN4O6. The van der Waals surface area contributed by atoms with Crippen LogP contribution in [0, 0.1) is 16.6 Å². The summed E-state index contributed by atoms with van der Waals surface area (Å²) in [5, 5.41) is 18.5. The molecule has 11 heteroatoms. The smallest absolute Gasteiger partial charge is 0.259 e. The van der Waals surface area contributed by atoms with Crippen LogP contribution in [0.5, 0.6) is 11.5 Å². The highest BCUT2D eigenvalue weighted by molar-refractivity contribution is 6.08. The fourth-order valence-electron chi connectivity index (χ4n) is 3.64. The Morgan fingerprint density at radius 1 is 1.11 bits per heavy atom. The maximum Gasteiger partial charge on any atom is 0.259 e. The highest BCUT2D eigenvalue weighted by atomic mass is 19.1. The number of anilines is 1. The Balaban J connectivity index is 1.43. The molecule has 0 radical (unpaired) electrons. The number of halogens is 1. The molecule has 0 spiro atoms. The topological polar surface area (TPSA) is 130 Å². The molecule has 1 aliphatic rings. The zero-order chi connectivity index (χ0) is 26.2. The number of rotatable bonds is 9. The van der Waals surface area contributed by atoms with Gasteiger partial charge in [0.15, 0.2) is 5.76 Å². The molecule has 0 atom stereocenters. The Labute approximate surface area is 212 Å². The number of hydrogen-bond acceptors (Lipinski definition) is 9. The summed E-state index contributed by atoms with van der Waals surface area (Å²) < 4.78 is 41.3. The van der Waals surface area contributed by atoms with Crippen molar-refractivity contribution in [1.82, 2.24) is 4.90 Å². The van der Waals surface area contributed by atoms with Gasteiger partial charge in [0.2, 0.25) is 5.90 Å². The summed E-state index contributed by atoms with van der Waals surface area (Å²) >= 11 is 0. The Morgan fingerprint density at radius 3 is 2.65 bits per heavy atom. The molecule has 3 N–H and O–H groups in total. The van der Waals surface area contributed by atoms with Crippen molar-refractivity contribution in [2.24, 2.45) is 0 Å². The standard InChI is InChI=1S/C26H27FN4O6/c1-33-22-7-5-18(35-14-10-31-8-12-34-13-9-31)16-19(22)26(32)30-21-15-17(4-6-20(21)27)24(28)37-25(29)23-3-2-11-36-23/h2-7,11,15-16,28-29H,8-10,12-14H2,1H3,(H,30,32). The van der Waals surface area contributed by atoms with E-state index in [4.69, 9.17) is 34.2 Å². The molecular weight excluding hydrogens is 483 g/mol. The minimum Gasteiger partial charge on any atom is -0.496 e. The summed E-state index contributed by atoms with van der Waals surface area (Å²) in [4.78, 5) is 15.3. The van der Waals surface area contributed by atoms with Crippen molar-refractivity contribution >= 4 is 23.4 Å². The van der Waals surface area contributed by atoms with Crippen LogP contribution in [0.3, 0.4) is 0 Å². The summed E-state index contributed by atoms with van der Waals surface area (Å²) in [6.07, 6.45) is 1.38. The number of morpholine rings is 1. The predicted molar refractivity (Wildman–Crippen MR) is 134 cm³/mol. The lowest BCUT2D eigenvalue weighted by Crippen LogP contribution is -2.38. The van der Waals surface area contributed by atoms with Gasteiger partial charge in [-0.25, -0.2) is 4.39 Å². The third-order valence-corrected chi connectivity index (χ3v) is 5.62. The van der Waals surface area contributed by atoms with E-state index in [1.54, 1.807) is 18.2 Å². The van der Waals surface area contributed by atoms with E-state index in [-0.39, 0.29) is 34.2 Å². The molecule has 37 heavy (non-hydrogen) atoms. The van der Waals surface area contributed by atoms with Crippen LogP contribution in [-0.4, -0.2) is 69.2 Å². The van der Waals surface area contributed by atoms with E-state index in [1.165, 1.54) is 37.6 Å². The minimum atomic E-state index is -0.706. The highest BCUT2D eigenvalue weighted by Gasteiger charge is 2.18. The van der Waals surface area contributed by atoms with Crippen molar-refractivity contribution in [2.75, 3.05) is 51.9 Å². The van der Waals surface area contributed by atoms with Gasteiger partial charge in [0.1, 0.15) is 23.9 Å². The zero-order valence-corrected chi connectivity index (χ0v) is 20.2. The summed E-state index contributed by atoms with van der Waals surface area (Å²) in [5.41, 5.74) is 0.142. The second-order valence-corrected chi connectivity index (χ2v) is 8.05. The number of benzene rings is 2. The number of amides is 1. The molecule has 3 aromatic rings. The van der Waals surface area contributed by atoms with Crippen molar-refractivity contribution in [3.8, 4) is 11.5 Å². The lowest BCUT2D eigenvalue weighted by Gasteiger charge is -2.26. The van der Waals surface area contributed by atoms with E-state index >= 15 is 0 Å². The fourth-order valence-corrected chi connectivity index (χ4v) is 3.64. The average molecular weight is 511 g/mol. The molecule has 194 valence electrons. The second-order valence-electron chi connectivity index (χ2n) is 8.05. The van der Waals surface area contributed by atoms with Gasteiger partial charge in [-0.3, -0.25) is 20.5 Å². The molecule has 0 saturated carbocycles. The second kappa shape index (κ2) is 12.2. The Morgan fingerprint density at radius 2 is 1.92 bits per heavy atom. The Kier molecular flexibility index (Phi) is 8.49. The monoisotopic (exact) mass is 510 g/mol. The van der Waals surface area contributed by atoms with E-state index in [2.05, 4.69) is 10.2 Å².